The Labute approximate surface area is 105 Å². The Morgan fingerprint density at radius 3 is 2.67 bits per heavy atom. The number of rotatable bonds is 3. The van der Waals surface area contributed by atoms with Gasteiger partial charge in [-0.25, -0.2) is 0 Å². The van der Waals surface area contributed by atoms with Crippen LogP contribution in [-0.4, -0.2) is 16.0 Å². The van der Waals surface area contributed by atoms with Crippen LogP contribution in [0.15, 0.2) is 42.7 Å². The maximum absolute atomic E-state index is 11.8. The number of hydrogen-bond acceptors (Lipinski definition) is 3. The summed E-state index contributed by atoms with van der Waals surface area (Å²) in [7, 11) is 0. The van der Waals surface area contributed by atoms with E-state index in [0.717, 1.165) is 5.56 Å². The van der Waals surface area contributed by atoms with E-state index < -0.39 is 0 Å². The SMILES string of the molecule is Cc1ccc(CNC(=O)c2ccncc2O)cc1. The number of aromatic hydroxyl groups is 1. The second-order valence-electron chi connectivity index (χ2n) is 4.06. The summed E-state index contributed by atoms with van der Waals surface area (Å²) in [5, 5.41) is 12.2. The highest BCUT2D eigenvalue weighted by molar-refractivity contribution is 5.96. The maximum atomic E-state index is 11.8. The highest BCUT2D eigenvalue weighted by atomic mass is 16.3. The molecule has 0 radical (unpaired) electrons. The molecule has 1 amide bonds. The third-order valence-electron chi connectivity index (χ3n) is 2.62. The van der Waals surface area contributed by atoms with Crippen LogP contribution in [-0.2, 0) is 6.54 Å². The van der Waals surface area contributed by atoms with Crippen molar-refractivity contribution in [3.05, 3.63) is 59.4 Å². The first-order valence-corrected chi connectivity index (χ1v) is 5.63. The molecular weight excluding hydrogens is 228 g/mol. The summed E-state index contributed by atoms with van der Waals surface area (Å²) < 4.78 is 0. The Morgan fingerprint density at radius 1 is 1.28 bits per heavy atom. The van der Waals surface area contributed by atoms with E-state index in [9.17, 15) is 9.90 Å². The topological polar surface area (TPSA) is 62.2 Å². The zero-order valence-corrected chi connectivity index (χ0v) is 10.1. The molecule has 0 atom stereocenters. The third-order valence-corrected chi connectivity index (χ3v) is 2.62. The molecule has 1 aromatic heterocycles. The molecule has 0 aliphatic rings. The van der Waals surface area contributed by atoms with Gasteiger partial charge in [0.25, 0.3) is 5.91 Å². The first-order valence-electron chi connectivity index (χ1n) is 5.63. The Morgan fingerprint density at radius 2 is 2.00 bits per heavy atom. The Bertz CT molecular complexity index is 550. The molecular formula is C14H14N2O2. The molecule has 2 N–H and O–H groups in total. The number of benzene rings is 1. The van der Waals surface area contributed by atoms with Gasteiger partial charge in [-0.3, -0.25) is 9.78 Å². The minimum atomic E-state index is -0.310. The number of pyridine rings is 1. The monoisotopic (exact) mass is 242 g/mol. The van der Waals surface area contributed by atoms with Gasteiger partial charge >= 0.3 is 0 Å². The molecule has 1 heterocycles. The summed E-state index contributed by atoms with van der Waals surface area (Å²) in [5.41, 5.74) is 2.43. The molecule has 2 rings (SSSR count). The lowest BCUT2D eigenvalue weighted by Gasteiger charge is -2.06. The van der Waals surface area contributed by atoms with E-state index in [-0.39, 0.29) is 17.2 Å². The fraction of sp³-hybridized carbons (Fsp3) is 0.143. The van der Waals surface area contributed by atoms with Crippen LogP contribution in [0.1, 0.15) is 21.5 Å². The van der Waals surface area contributed by atoms with Crippen LogP contribution in [0.5, 0.6) is 5.75 Å². The smallest absolute Gasteiger partial charge is 0.255 e. The molecule has 0 aliphatic heterocycles. The van der Waals surface area contributed by atoms with Crippen molar-refractivity contribution in [3.63, 3.8) is 0 Å². The lowest BCUT2D eigenvalue weighted by molar-refractivity contribution is 0.0948. The lowest BCUT2D eigenvalue weighted by Crippen LogP contribution is -2.22. The zero-order valence-electron chi connectivity index (χ0n) is 10.1. The molecule has 0 fully saturated rings. The van der Waals surface area contributed by atoms with E-state index in [0.29, 0.717) is 6.54 Å². The summed E-state index contributed by atoms with van der Waals surface area (Å²) in [6.45, 7) is 2.44. The van der Waals surface area contributed by atoms with Gasteiger partial charge < -0.3 is 10.4 Å². The van der Waals surface area contributed by atoms with E-state index in [4.69, 9.17) is 0 Å². The van der Waals surface area contributed by atoms with Crippen LogP contribution in [0.2, 0.25) is 0 Å². The highest BCUT2D eigenvalue weighted by Gasteiger charge is 2.09. The number of amides is 1. The predicted octanol–water partition coefficient (Wildman–Crippen LogP) is 2.03. The lowest BCUT2D eigenvalue weighted by atomic mass is 10.1. The summed E-state index contributed by atoms with van der Waals surface area (Å²) in [5.74, 6) is -0.422. The second kappa shape index (κ2) is 5.31. The largest absolute Gasteiger partial charge is 0.505 e. The number of aryl methyl sites for hydroxylation is 1. The van der Waals surface area contributed by atoms with Crippen molar-refractivity contribution < 1.29 is 9.90 Å². The van der Waals surface area contributed by atoms with Gasteiger partial charge in [-0.15, -0.1) is 0 Å². The number of hydrogen-bond donors (Lipinski definition) is 2. The fourth-order valence-electron chi connectivity index (χ4n) is 1.56. The highest BCUT2D eigenvalue weighted by Crippen LogP contribution is 2.13. The van der Waals surface area contributed by atoms with Gasteiger partial charge in [-0.05, 0) is 18.6 Å². The molecule has 92 valence electrons. The fourth-order valence-corrected chi connectivity index (χ4v) is 1.56. The molecule has 0 bridgehead atoms. The standard InChI is InChI=1S/C14H14N2O2/c1-10-2-4-11(5-3-10)8-16-14(18)12-6-7-15-9-13(12)17/h2-7,9,17H,8H2,1H3,(H,16,18). The van der Waals surface area contributed by atoms with Crippen LogP contribution in [0, 0.1) is 6.92 Å². The predicted molar refractivity (Wildman–Crippen MR) is 68.3 cm³/mol. The number of nitrogens with zero attached hydrogens (tertiary/aromatic N) is 1. The van der Waals surface area contributed by atoms with Gasteiger partial charge in [-0.2, -0.15) is 0 Å². The van der Waals surface area contributed by atoms with Gasteiger partial charge in [0.1, 0.15) is 5.75 Å². The van der Waals surface area contributed by atoms with E-state index in [1.807, 2.05) is 31.2 Å². The van der Waals surface area contributed by atoms with Crippen LogP contribution in [0.3, 0.4) is 0 Å². The van der Waals surface area contributed by atoms with Crippen molar-refractivity contribution in [1.82, 2.24) is 10.3 Å². The molecule has 2 aromatic rings. The van der Waals surface area contributed by atoms with Crippen LogP contribution in [0.4, 0.5) is 0 Å². The maximum Gasteiger partial charge on any atom is 0.255 e. The van der Waals surface area contributed by atoms with Crippen LogP contribution < -0.4 is 5.32 Å². The minimum Gasteiger partial charge on any atom is -0.505 e. The van der Waals surface area contributed by atoms with Crippen LogP contribution in [0.25, 0.3) is 0 Å². The molecule has 18 heavy (non-hydrogen) atoms. The number of aromatic nitrogens is 1. The first-order chi connectivity index (χ1) is 8.66. The number of carbonyl (C=O) groups excluding carboxylic acids is 1. The molecule has 0 saturated heterocycles. The van der Waals surface area contributed by atoms with E-state index in [1.165, 1.54) is 24.0 Å². The van der Waals surface area contributed by atoms with Crippen molar-refractivity contribution in [1.29, 1.82) is 0 Å². The van der Waals surface area contributed by atoms with Gasteiger partial charge in [0.2, 0.25) is 0 Å². The first kappa shape index (κ1) is 12.1. The summed E-state index contributed by atoms with van der Waals surface area (Å²) in [4.78, 5) is 15.5. The number of carbonyl (C=O) groups is 1. The van der Waals surface area contributed by atoms with Crippen molar-refractivity contribution in [2.24, 2.45) is 0 Å². The molecule has 4 heteroatoms. The quantitative estimate of drug-likeness (QED) is 0.865. The summed E-state index contributed by atoms with van der Waals surface area (Å²) in [6.07, 6.45) is 2.72. The Hall–Kier alpha value is -2.36. The van der Waals surface area contributed by atoms with E-state index >= 15 is 0 Å². The van der Waals surface area contributed by atoms with E-state index in [1.54, 1.807) is 0 Å². The van der Waals surface area contributed by atoms with Gasteiger partial charge in [0.05, 0.1) is 11.8 Å². The molecule has 0 aliphatic carbocycles. The van der Waals surface area contributed by atoms with Gasteiger partial charge in [-0.1, -0.05) is 29.8 Å². The molecule has 0 saturated carbocycles. The third kappa shape index (κ3) is 2.85. The summed E-state index contributed by atoms with van der Waals surface area (Å²) in [6, 6.07) is 9.39. The zero-order chi connectivity index (χ0) is 13.0. The Kier molecular flexibility index (Phi) is 3.57. The van der Waals surface area contributed by atoms with Crippen molar-refractivity contribution >= 4 is 5.91 Å². The number of nitrogens with one attached hydrogen (secondary N) is 1. The second-order valence-corrected chi connectivity index (χ2v) is 4.06. The van der Waals surface area contributed by atoms with Crippen LogP contribution >= 0.6 is 0 Å². The Balaban J connectivity index is 2.01. The van der Waals surface area contributed by atoms with Crippen molar-refractivity contribution in [2.45, 2.75) is 13.5 Å². The summed E-state index contributed by atoms with van der Waals surface area (Å²) >= 11 is 0. The molecule has 0 unspecified atom stereocenters. The molecule has 0 spiro atoms. The normalized spacial score (nSPS) is 10.1. The average Bonchev–Trinajstić information content (AvgIpc) is 2.38. The van der Waals surface area contributed by atoms with E-state index in [2.05, 4.69) is 10.3 Å². The van der Waals surface area contributed by atoms with Gasteiger partial charge in [0.15, 0.2) is 0 Å². The van der Waals surface area contributed by atoms with Crippen molar-refractivity contribution in [3.8, 4) is 5.75 Å². The average molecular weight is 242 g/mol. The molecule has 4 nitrogen and oxygen atoms in total. The molecule has 1 aromatic carbocycles. The van der Waals surface area contributed by atoms with Gasteiger partial charge in [0, 0.05) is 12.7 Å². The van der Waals surface area contributed by atoms with Crippen molar-refractivity contribution in [2.75, 3.05) is 0 Å². The minimum absolute atomic E-state index is 0.112.